The fourth-order valence-corrected chi connectivity index (χ4v) is 2.70. The second kappa shape index (κ2) is 7.25. The largest absolute Gasteiger partial charge is 0.457 e. The summed E-state index contributed by atoms with van der Waals surface area (Å²) in [5.74, 6) is -0.314. The Bertz CT molecular complexity index is 813. The molecule has 0 spiro atoms. The van der Waals surface area contributed by atoms with E-state index in [0.29, 0.717) is 5.56 Å². The molecule has 114 valence electrons. The van der Waals surface area contributed by atoms with E-state index < -0.39 is 0 Å². The molecule has 0 unspecified atom stereocenters. The van der Waals surface area contributed by atoms with Crippen LogP contribution in [0.2, 0.25) is 0 Å². The number of hydrogen-bond donors (Lipinski definition) is 0. The monoisotopic (exact) mass is 366 g/mol. The normalized spacial score (nSPS) is 10.3. The summed E-state index contributed by atoms with van der Waals surface area (Å²) >= 11 is 3.47. The van der Waals surface area contributed by atoms with Gasteiger partial charge in [-0.15, -0.1) is 0 Å². The SMILES string of the molecule is O=C(OCc1ccccc1)c1cccc(-c2cccc(Br)c2)c1. The number of carbonyl (C=O) groups excluding carboxylic acids is 1. The van der Waals surface area contributed by atoms with Crippen molar-refractivity contribution in [2.75, 3.05) is 0 Å². The first kappa shape index (κ1) is 15.5. The Morgan fingerprint density at radius 1 is 0.826 bits per heavy atom. The lowest BCUT2D eigenvalue weighted by atomic mass is 10.0. The summed E-state index contributed by atoms with van der Waals surface area (Å²) in [6.45, 7) is 0.279. The van der Waals surface area contributed by atoms with Crippen molar-refractivity contribution in [3.63, 3.8) is 0 Å². The van der Waals surface area contributed by atoms with E-state index in [0.717, 1.165) is 21.2 Å². The Morgan fingerprint density at radius 2 is 1.52 bits per heavy atom. The average molecular weight is 367 g/mol. The molecule has 0 fully saturated rings. The zero-order valence-corrected chi connectivity index (χ0v) is 14.0. The standard InChI is InChI=1S/C20H15BrO2/c21-19-11-5-9-17(13-19)16-8-4-10-18(12-16)20(22)23-14-15-6-2-1-3-7-15/h1-13H,14H2. The van der Waals surface area contributed by atoms with Gasteiger partial charge in [0.15, 0.2) is 0 Å². The third-order valence-electron chi connectivity index (χ3n) is 3.47. The predicted molar refractivity (Wildman–Crippen MR) is 95.1 cm³/mol. The van der Waals surface area contributed by atoms with Gasteiger partial charge in [0, 0.05) is 4.47 Å². The maximum Gasteiger partial charge on any atom is 0.338 e. The summed E-state index contributed by atoms with van der Waals surface area (Å²) in [4.78, 5) is 12.2. The van der Waals surface area contributed by atoms with Crippen LogP contribution in [0.25, 0.3) is 11.1 Å². The number of rotatable bonds is 4. The van der Waals surface area contributed by atoms with Crippen LogP contribution in [-0.2, 0) is 11.3 Å². The molecule has 0 aromatic heterocycles. The predicted octanol–water partition coefficient (Wildman–Crippen LogP) is 5.47. The van der Waals surface area contributed by atoms with E-state index in [1.807, 2.05) is 72.8 Å². The number of benzene rings is 3. The molecule has 0 saturated carbocycles. The Kier molecular flexibility index (Phi) is 4.89. The molecule has 3 rings (SSSR count). The molecule has 0 saturated heterocycles. The van der Waals surface area contributed by atoms with Gasteiger partial charge in [0.2, 0.25) is 0 Å². The van der Waals surface area contributed by atoms with E-state index in [1.54, 1.807) is 6.07 Å². The summed E-state index contributed by atoms with van der Waals surface area (Å²) in [5.41, 5.74) is 3.57. The number of ether oxygens (including phenoxy) is 1. The van der Waals surface area contributed by atoms with Crippen molar-refractivity contribution in [3.05, 3.63) is 94.5 Å². The van der Waals surface area contributed by atoms with Crippen LogP contribution in [0.5, 0.6) is 0 Å². The first-order valence-electron chi connectivity index (χ1n) is 7.29. The number of esters is 1. The molecule has 0 aliphatic heterocycles. The van der Waals surface area contributed by atoms with Crippen LogP contribution in [0.4, 0.5) is 0 Å². The Hall–Kier alpha value is -2.39. The van der Waals surface area contributed by atoms with Crippen molar-refractivity contribution in [2.45, 2.75) is 6.61 Å². The zero-order chi connectivity index (χ0) is 16.1. The van der Waals surface area contributed by atoms with Crippen LogP contribution in [0.3, 0.4) is 0 Å². The van der Waals surface area contributed by atoms with Gasteiger partial charge in [0.25, 0.3) is 0 Å². The quantitative estimate of drug-likeness (QED) is 0.572. The molecule has 0 aliphatic rings. The highest BCUT2D eigenvalue weighted by atomic mass is 79.9. The van der Waals surface area contributed by atoms with Gasteiger partial charge in [-0.1, -0.05) is 70.5 Å². The molecule has 0 heterocycles. The van der Waals surface area contributed by atoms with Gasteiger partial charge < -0.3 is 4.74 Å². The van der Waals surface area contributed by atoms with E-state index in [1.165, 1.54) is 0 Å². The number of carbonyl (C=O) groups is 1. The minimum atomic E-state index is -0.314. The molecule has 3 aromatic carbocycles. The molecular formula is C20H15BrO2. The van der Waals surface area contributed by atoms with E-state index in [9.17, 15) is 4.79 Å². The van der Waals surface area contributed by atoms with Gasteiger partial charge in [-0.05, 0) is 41.0 Å². The Labute approximate surface area is 143 Å². The molecule has 0 amide bonds. The highest BCUT2D eigenvalue weighted by Crippen LogP contribution is 2.24. The summed E-state index contributed by atoms with van der Waals surface area (Å²) in [6.07, 6.45) is 0. The smallest absolute Gasteiger partial charge is 0.338 e. The molecule has 3 heteroatoms. The fraction of sp³-hybridized carbons (Fsp3) is 0.0500. The van der Waals surface area contributed by atoms with Gasteiger partial charge in [-0.2, -0.15) is 0 Å². The van der Waals surface area contributed by atoms with Crippen LogP contribution >= 0.6 is 15.9 Å². The number of hydrogen-bond acceptors (Lipinski definition) is 2. The van der Waals surface area contributed by atoms with Crippen LogP contribution in [0, 0.1) is 0 Å². The van der Waals surface area contributed by atoms with Crippen LogP contribution < -0.4 is 0 Å². The first-order chi connectivity index (χ1) is 11.2. The second-order valence-electron chi connectivity index (χ2n) is 5.15. The van der Waals surface area contributed by atoms with Crippen LogP contribution in [-0.4, -0.2) is 5.97 Å². The van der Waals surface area contributed by atoms with Crippen molar-refractivity contribution < 1.29 is 9.53 Å². The summed E-state index contributed by atoms with van der Waals surface area (Å²) < 4.78 is 6.39. The third kappa shape index (κ3) is 4.08. The second-order valence-corrected chi connectivity index (χ2v) is 6.07. The highest BCUT2D eigenvalue weighted by molar-refractivity contribution is 9.10. The lowest BCUT2D eigenvalue weighted by Crippen LogP contribution is -2.05. The molecule has 3 aromatic rings. The molecule has 23 heavy (non-hydrogen) atoms. The van der Waals surface area contributed by atoms with E-state index >= 15 is 0 Å². The molecule has 0 aliphatic carbocycles. The molecule has 2 nitrogen and oxygen atoms in total. The maximum atomic E-state index is 12.2. The summed E-state index contributed by atoms with van der Waals surface area (Å²) in [7, 11) is 0. The fourth-order valence-electron chi connectivity index (χ4n) is 2.30. The topological polar surface area (TPSA) is 26.3 Å². The minimum absolute atomic E-state index is 0.279. The lowest BCUT2D eigenvalue weighted by Gasteiger charge is -2.07. The first-order valence-corrected chi connectivity index (χ1v) is 8.09. The highest BCUT2D eigenvalue weighted by Gasteiger charge is 2.09. The molecule has 0 N–H and O–H groups in total. The van der Waals surface area contributed by atoms with Gasteiger partial charge in [-0.3, -0.25) is 0 Å². The Morgan fingerprint density at radius 3 is 2.26 bits per heavy atom. The lowest BCUT2D eigenvalue weighted by molar-refractivity contribution is 0.0473. The average Bonchev–Trinajstić information content (AvgIpc) is 2.61. The van der Waals surface area contributed by atoms with Crippen LogP contribution in [0.1, 0.15) is 15.9 Å². The third-order valence-corrected chi connectivity index (χ3v) is 3.96. The number of halogens is 1. The maximum absolute atomic E-state index is 12.2. The van der Waals surface area contributed by atoms with Crippen molar-refractivity contribution in [1.82, 2.24) is 0 Å². The molecule has 0 radical (unpaired) electrons. The van der Waals surface area contributed by atoms with Gasteiger partial charge >= 0.3 is 5.97 Å². The summed E-state index contributed by atoms with van der Waals surface area (Å²) in [6, 6.07) is 25.1. The molecule has 0 atom stereocenters. The van der Waals surface area contributed by atoms with Crippen molar-refractivity contribution in [1.29, 1.82) is 0 Å². The van der Waals surface area contributed by atoms with E-state index in [-0.39, 0.29) is 12.6 Å². The van der Waals surface area contributed by atoms with Crippen molar-refractivity contribution in [2.24, 2.45) is 0 Å². The van der Waals surface area contributed by atoms with Crippen LogP contribution in [0.15, 0.2) is 83.3 Å². The van der Waals surface area contributed by atoms with E-state index in [2.05, 4.69) is 15.9 Å². The summed E-state index contributed by atoms with van der Waals surface area (Å²) in [5, 5.41) is 0. The van der Waals surface area contributed by atoms with Gasteiger partial charge in [-0.25, -0.2) is 4.79 Å². The van der Waals surface area contributed by atoms with E-state index in [4.69, 9.17) is 4.74 Å². The Balaban J connectivity index is 1.75. The van der Waals surface area contributed by atoms with Crippen molar-refractivity contribution in [3.8, 4) is 11.1 Å². The molecule has 0 bridgehead atoms. The van der Waals surface area contributed by atoms with Gasteiger partial charge in [0.05, 0.1) is 5.56 Å². The molecular weight excluding hydrogens is 352 g/mol. The van der Waals surface area contributed by atoms with Crippen molar-refractivity contribution >= 4 is 21.9 Å². The minimum Gasteiger partial charge on any atom is -0.457 e. The zero-order valence-electron chi connectivity index (χ0n) is 12.4. The van der Waals surface area contributed by atoms with Gasteiger partial charge in [0.1, 0.15) is 6.61 Å².